The fraction of sp³-hybridized carbons (Fsp3) is 0.310. The van der Waals surface area contributed by atoms with Gasteiger partial charge in [0.25, 0.3) is 5.91 Å². The summed E-state index contributed by atoms with van der Waals surface area (Å²) in [6.45, 7) is 5.87. The molecule has 1 aliphatic rings. The standard InChI is InChI=1S/C29H32N2O3/c1-21-8-12-25(13-9-21)29(33)31(20-24-6-3-5-22(2)17-24)26-14-10-23(11-15-26)18-28(32)30-19-27-7-4-16-34-27/h3,5-6,8-15,17,27H,4,7,16,18-20H2,1-2H3,(H,30,32)/t27-/m0/s1. The van der Waals surface area contributed by atoms with Crippen LogP contribution in [-0.2, 0) is 22.5 Å². The summed E-state index contributed by atoms with van der Waals surface area (Å²) in [5, 5.41) is 2.96. The first kappa shape index (κ1) is 23.7. The Bertz CT molecular complexity index is 1120. The van der Waals surface area contributed by atoms with Gasteiger partial charge in [-0.3, -0.25) is 9.59 Å². The molecule has 0 saturated carbocycles. The maximum Gasteiger partial charge on any atom is 0.258 e. The van der Waals surface area contributed by atoms with Gasteiger partial charge in [0.2, 0.25) is 5.91 Å². The maximum atomic E-state index is 13.5. The number of aryl methyl sites for hydroxylation is 2. The molecule has 0 aromatic heterocycles. The molecule has 1 saturated heterocycles. The number of carbonyl (C=O) groups excluding carboxylic acids is 2. The van der Waals surface area contributed by atoms with E-state index in [2.05, 4.69) is 11.4 Å². The first-order chi connectivity index (χ1) is 16.5. The number of hydrogen-bond donors (Lipinski definition) is 1. The van der Waals surface area contributed by atoms with Crippen molar-refractivity contribution in [1.29, 1.82) is 0 Å². The van der Waals surface area contributed by atoms with Crippen molar-refractivity contribution in [3.63, 3.8) is 0 Å². The van der Waals surface area contributed by atoms with Gasteiger partial charge < -0.3 is 15.0 Å². The molecule has 0 spiro atoms. The van der Waals surface area contributed by atoms with Crippen LogP contribution in [0.1, 0.15) is 45.5 Å². The molecule has 1 aliphatic heterocycles. The van der Waals surface area contributed by atoms with E-state index in [1.165, 1.54) is 0 Å². The molecule has 3 aromatic carbocycles. The molecule has 1 heterocycles. The van der Waals surface area contributed by atoms with Gasteiger partial charge in [-0.25, -0.2) is 0 Å². The summed E-state index contributed by atoms with van der Waals surface area (Å²) in [4.78, 5) is 27.6. The Kier molecular flexibility index (Phi) is 7.76. The zero-order valence-corrected chi connectivity index (χ0v) is 19.9. The number of carbonyl (C=O) groups is 2. The second-order valence-electron chi connectivity index (χ2n) is 9.03. The third kappa shape index (κ3) is 6.33. The summed E-state index contributed by atoms with van der Waals surface area (Å²) >= 11 is 0. The van der Waals surface area contributed by atoms with Gasteiger partial charge in [0.05, 0.1) is 19.1 Å². The van der Waals surface area contributed by atoms with Crippen LogP contribution in [0.4, 0.5) is 5.69 Å². The van der Waals surface area contributed by atoms with Gasteiger partial charge >= 0.3 is 0 Å². The lowest BCUT2D eigenvalue weighted by Gasteiger charge is -2.24. The van der Waals surface area contributed by atoms with E-state index in [0.717, 1.165) is 47.4 Å². The van der Waals surface area contributed by atoms with Crippen molar-refractivity contribution in [2.24, 2.45) is 0 Å². The molecule has 1 atom stereocenters. The predicted octanol–water partition coefficient (Wildman–Crippen LogP) is 4.99. The molecule has 0 aliphatic carbocycles. The molecule has 1 fully saturated rings. The van der Waals surface area contributed by atoms with Crippen LogP contribution in [-0.4, -0.2) is 31.1 Å². The minimum absolute atomic E-state index is 0.0180. The smallest absolute Gasteiger partial charge is 0.258 e. The Balaban J connectivity index is 1.49. The van der Waals surface area contributed by atoms with Crippen LogP contribution >= 0.6 is 0 Å². The summed E-state index contributed by atoms with van der Waals surface area (Å²) in [6.07, 6.45) is 2.49. The average molecular weight is 457 g/mol. The number of ether oxygens (including phenoxy) is 1. The first-order valence-electron chi connectivity index (χ1n) is 11.9. The number of benzene rings is 3. The lowest BCUT2D eigenvalue weighted by molar-refractivity contribution is -0.120. The number of hydrogen-bond acceptors (Lipinski definition) is 3. The monoisotopic (exact) mass is 456 g/mol. The highest BCUT2D eigenvalue weighted by molar-refractivity contribution is 6.06. The fourth-order valence-corrected chi connectivity index (χ4v) is 4.20. The molecule has 5 heteroatoms. The summed E-state index contributed by atoms with van der Waals surface area (Å²) in [6, 6.07) is 23.5. The largest absolute Gasteiger partial charge is 0.376 e. The van der Waals surface area contributed by atoms with Crippen molar-refractivity contribution in [2.45, 2.75) is 45.8 Å². The Morgan fingerprint density at radius 2 is 1.71 bits per heavy atom. The molecular formula is C29H32N2O3. The van der Waals surface area contributed by atoms with Crippen molar-refractivity contribution in [3.05, 3.63) is 101 Å². The SMILES string of the molecule is Cc1ccc(C(=O)N(Cc2cccc(C)c2)c2ccc(CC(=O)NC[C@@H]3CCCO3)cc2)cc1. The number of rotatable bonds is 8. The number of nitrogens with zero attached hydrogens (tertiary/aromatic N) is 1. The van der Waals surface area contributed by atoms with Crippen LogP contribution in [0.25, 0.3) is 0 Å². The van der Waals surface area contributed by atoms with Crippen LogP contribution < -0.4 is 10.2 Å². The lowest BCUT2D eigenvalue weighted by Crippen LogP contribution is -2.32. The highest BCUT2D eigenvalue weighted by atomic mass is 16.5. The van der Waals surface area contributed by atoms with Crippen LogP contribution in [0.3, 0.4) is 0 Å². The van der Waals surface area contributed by atoms with Crippen molar-refractivity contribution in [2.75, 3.05) is 18.1 Å². The Hall–Kier alpha value is -3.44. The van der Waals surface area contributed by atoms with Crippen molar-refractivity contribution < 1.29 is 14.3 Å². The minimum Gasteiger partial charge on any atom is -0.376 e. The second-order valence-corrected chi connectivity index (χ2v) is 9.03. The van der Waals surface area contributed by atoms with Gasteiger partial charge in [-0.05, 0) is 62.1 Å². The van der Waals surface area contributed by atoms with E-state index in [0.29, 0.717) is 25.1 Å². The molecule has 5 nitrogen and oxygen atoms in total. The number of amides is 2. The molecule has 3 aromatic rings. The molecule has 0 radical (unpaired) electrons. The highest BCUT2D eigenvalue weighted by Gasteiger charge is 2.19. The zero-order chi connectivity index (χ0) is 23.9. The summed E-state index contributed by atoms with van der Waals surface area (Å²) in [5.74, 6) is -0.0702. The molecular weight excluding hydrogens is 424 g/mol. The van der Waals surface area contributed by atoms with E-state index in [-0.39, 0.29) is 17.9 Å². The summed E-state index contributed by atoms with van der Waals surface area (Å²) < 4.78 is 5.56. The summed E-state index contributed by atoms with van der Waals surface area (Å²) in [5.41, 5.74) is 5.70. The zero-order valence-electron chi connectivity index (χ0n) is 19.9. The second kappa shape index (κ2) is 11.1. The molecule has 1 N–H and O–H groups in total. The fourth-order valence-electron chi connectivity index (χ4n) is 4.20. The third-order valence-corrected chi connectivity index (χ3v) is 6.13. The molecule has 0 bridgehead atoms. The van der Waals surface area contributed by atoms with Crippen LogP contribution in [0, 0.1) is 13.8 Å². The van der Waals surface area contributed by atoms with Gasteiger partial charge in [0.1, 0.15) is 0 Å². The van der Waals surface area contributed by atoms with Gasteiger partial charge in [0, 0.05) is 24.4 Å². The first-order valence-corrected chi connectivity index (χ1v) is 11.9. The van der Waals surface area contributed by atoms with Gasteiger partial charge in [0.15, 0.2) is 0 Å². The van der Waals surface area contributed by atoms with Crippen molar-refractivity contribution in [3.8, 4) is 0 Å². The van der Waals surface area contributed by atoms with Gasteiger partial charge in [-0.15, -0.1) is 0 Å². The van der Waals surface area contributed by atoms with Crippen LogP contribution in [0.5, 0.6) is 0 Å². The lowest BCUT2D eigenvalue weighted by atomic mass is 10.1. The predicted molar refractivity (Wildman–Crippen MR) is 135 cm³/mol. The normalized spacial score (nSPS) is 15.2. The molecule has 34 heavy (non-hydrogen) atoms. The van der Waals surface area contributed by atoms with Crippen LogP contribution in [0.15, 0.2) is 72.8 Å². The number of anilines is 1. The van der Waals surface area contributed by atoms with E-state index < -0.39 is 0 Å². The van der Waals surface area contributed by atoms with E-state index in [4.69, 9.17) is 4.74 Å². The van der Waals surface area contributed by atoms with Crippen molar-refractivity contribution >= 4 is 17.5 Å². The molecule has 0 unspecified atom stereocenters. The van der Waals surface area contributed by atoms with E-state index in [1.807, 2.05) is 80.6 Å². The maximum absolute atomic E-state index is 13.5. The third-order valence-electron chi connectivity index (χ3n) is 6.13. The highest BCUT2D eigenvalue weighted by Crippen LogP contribution is 2.22. The molecule has 4 rings (SSSR count). The van der Waals surface area contributed by atoms with Crippen LogP contribution in [0.2, 0.25) is 0 Å². The Morgan fingerprint density at radius 1 is 0.941 bits per heavy atom. The topological polar surface area (TPSA) is 58.6 Å². The average Bonchev–Trinajstić information content (AvgIpc) is 3.36. The summed E-state index contributed by atoms with van der Waals surface area (Å²) in [7, 11) is 0. The van der Waals surface area contributed by atoms with Gasteiger partial charge in [-0.2, -0.15) is 0 Å². The Labute approximate surface area is 201 Å². The minimum atomic E-state index is -0.0523. The number of nitrogens with one attached hydrogen (secondary N) is 1. The van der Waals surface area contributed by atoms with E-state index in [1.54, 1.807) is 4.90 Å². The van der Waals surface area contributed by atoms with E-state index >= 15 is 0 Å². The molecule has 176 valence electrons. The van der Waals surface area contributed by atoms with Crippen molar-refractivity contribution in [1.82, 2.24) is 5.32 Å². The van der Waals surface area contributed by atoms with E-state index in [9.17, 15) is 9.59 Å². The Morgan fingerprint density at radius 3 is 2.38 bits per heavy atom. The quantitative estimate of drug-likeness (QED) is 0.520. The molecule has 2 amide bonds. The van der Waals surface area contributed by atoms with Gasteiger partial charge in [-0.1, -0.05) is 59.7 Å².